The van der Waals surface area contributed by atoms with Crippen LogP contribution < -0.4 is 0 Å². The zero-order valence-corrected chi connectivity index (χ0v) is 13.0. The van der Waals surface area contributed by atoms with Crippen LogP contribution in [0.1, 0.15) is 37.4 Å². The van der Waals surface area contributed by atoms with E-state index < -0.39 is 0 Å². The number of hydrogen-bond donors (Lipinski definition) is 0. The Kier molecular flexibility index (Phi) is 3.24. The molecule has 0 radical (unpaired) electrons. The first-order chi connectivity index (χ1) is 11.7. The van der Waals surface area contributed by atoms with Gasteiger partial charge in [0.1, 0.15) is 0 Å². The Bertz CT molecular complexity index is 998. The third-order valence-electron chi connectivity index (χ3n) is 4.41. The standard InChI is InChI=1S/C22H14O2/c1-2-14-12-13-16(15-8-4-3-5-9-15)20-19(14)21(23)17-10-6-7-11-18(17)22(20)24/h2-13H,1H2. The molecule has 2 heteroatoms. The van der Waals surface area contributed by atoms with Crippen LogP contribution in [-0.4, -0.2) is 11.6 Å². The van der Waals surface area contributed by atoms with Gasteiger partial charge in [-0.1, -0.05) is 79.4 Å². The van der Waals surface area contributed by atoms with Crippen molar-refractivity contribution in [3.63, 3.8) is 0 Å². The van der Waals surface area contributed by atoms with Crippen LogP contribution in [0.2, 0.25) is 0 Å². The second-order valence-corrected chi connectivity index (χ2v) is 5.73. The Morgan fingerprint density at radius 2 is 1.21 bits per heavy atom. The largest absolute Gasteiger partial charge is 0.289 e. The van der Waals surface area contributed by atoms with Crippen molar-refractivity contribution in [1.29, 1.82) is 0 Å². The molecular formula is C22H14O2. The average molecular weight is 310 g/mol. The van der Waals surface area contributed by atoms with Gasteiger partial charge in [0, 0.05) is 22.3 Å². The number of carbonyl (C=O) groups is 2. The average Bonchev–Trinajstić information content (AvgIpc) is 2.65. The van der Waals surface area contributed by atoms with E-state index in [1.807, 2.05) is 42.5 Å². The molecule has 0 heterocycles. The fourth-order valence-electron chi connectivity index (χ4n) is 3.28. The molecule has 3 aromatic rings. The minimum Gasteiger partial charge on any atom is -0.289 e. The molecular weight excluding hydrogens is 296 g/mol. The summed E-state index contributed by atoms with van der Waals surface area (Å²) in [5.74, 6) is -0.226. The van der Waals surface area contributed by atoms with Gasteiger partial charge < -0.3 is 0 Å². The Balaban J connectivity index is 2.08. The molecule has 0 amide bonds. The van der Waals surface area contributed by atoms with E-state index in [1.54, 1.807) is 30.3 Å². The minimum absolute atomic E-state index is 0.109. The lowest BCUT2D eigenvalue weighted by atomic mass is 9.78. The molecule has 0 aromatic heterocycles. The zero-order valence-electron chi connectivity index (χ0n) is 13.0. The highest BCUT2D eigenvalue weighted by Crippen LogP contribution is 2.36. The number of carbonyl (C=O) groups excluding carboxylic acids is 2. The summed E-state index contributed by atoms with van der Waals surface area (Å²) in [6.07, 6.45) is 1.63. The second-order valence-electron chi connectivity index (χ2n) is 5.73. The van der Waals surface area contributed by atoms with Crippen LogP contribution in [0.4, 0.5) is 0 Å². The lowest BCUT2D eigenvalue weighted by molar-refractivity contribution is 0.0979. The first kappa shape index (κ1) is 14.3. The molecule has 0 unspecified atom stereocenters. The Morgan fingerprint density at radius 1 is 0.625 bits per heavy atom. The normalized spacial score (nSPS) is 12.5. The van der Waals surface area contributed by atoms with E-state index in [1.165, 1.54) is 0 Å². The molecule has 0 spiro atoms. The zero-order chi connectivity index (χ0) is 16.7. The maximum absolute atomic E-state index is 13.1. The Hall–Kier alpha value is -3.26. The monoisotopic (exact) mass is 310 g/mol. The van der Waals surface area contributed by atoms with Gasteiger partial charge in [-0.3, -0.25) is 9.59 Å². The van der Waals surface area contributed by atoms with Crippen molar-refractivity contribution in [2.24, 2.45) is 0 Å². The highest BCUT2D eigenvalue weighted by Gasteiger charge is 2.33. The molecule has 0 bridgehead atoms. The molecule has 0 fully saturated rings. The summed E-state index contributed by atoms with van der Waals surface area (Å²) >= 11 is 0. The summed E-state index contributed by atoms with van der Waals surface area (Å²) < 4.78 is 0. The molecule has 0 atom stereocenters. The van der Waals surface area contributed by atoms with Crippen molar-refractivity contribution < 1.29 is 9.59 Å². The van der Waals surface area contributed by atoms with E-state index in [0.717, 1.165) is 11.1 Å². The smallest absolute Gasteiger partial charge is 0.195 e. The SMILES string of the molecule is C=Cc1ccc(-c2ccccc2)c2c1C(=O)c1ccccc1C2=O. The summed E-state index contributed by atoms with van der Waals surface area (Å²) in [4.78, 5) is 26.1. The van der Waals surface area contributed by atoms with Crippen LogP contribution in [0, 0.1) is 0 Å². The van der Waals surface area contributed by atoms with Crippen molar-refractivity contribution >= 4 is 17.6 Å². The van der Waals surface area contributed by atoms with Gasteiger partial charge in [0.05, 0.1) is 0 Å². The van der Waals surface area contributed by atoms with Crippen LogP contribution in [0.5, 0.6) is 0 Å². The van der Waals surface area contributed by atoms with Gasteiger partial charge in [-0.25, -0.2) is 0 Å². The summed E-state index contributed by atoms with van der Waals surface area (Å²) in [5, 5.41) is 0. The van der Waals surface area contributed by atoms with E-state index in [0.29, 0.717) is 27.8 Å². The number of ketones is 2. The fourth-order valence-corrected chi connectivity index (χ4v) is 3.28. The molecule has 2 nitrogen and oxygen atoms in total. The van der Waals surface area contributed by atoms with E-state index in [-0.39, 0.29) is 11.6 Å². The predicted molar refractivity (Wildman–Crippen MR) is 95.3 cm³/mol. The van der Waals surface area contributed by atoms with Gasteiger partial charge in [0.2, 0.25) is 0 Å². The van der Waals surface area contributed by atoms with Crippen molar-refractivity contribution in [3.05, 3.63) is 101 Å². The number of rotatable bonds is 2. The molecule has 0 aliphatic heterocycles. The first-order valence-electron chi connectivity index (χ1n) is 7.75. The fraction of sp³-hybridized carbons (Fsp3) is 0. The van der Waals surface area contributed by atoms with Crippen molar-refractivity contribution in [3.8, 4) is 11.1 Å². The Labute approximate surface area is 140 Å². The van der Waals surface area contributed by atoms with Crippen LogP contribution in [0.15, 0.2) is 73.3 Å². The maximum atomic E-state index is 13.1. The third-order valence-corrected chi connectivity index (χ3v) is 4.41. The number of fused-ring (bicyclic) bond motifs is 2. The van der Waals surface area contributed by atoms with Crippen molar-refractivity contribution in [2.75, 3.05) is 0 Å². The highest BCUT2D eigenvalue weighted by atomic mass is 16.1. The van der Waals surface area contributed by atoms with Gasteiger partial charge in [-0.15, -0.1) is 0 Å². The van der Waals surface area contributed by atoms with E-state index >= 15 is 0 Å². The van der Waals surface area contributed by atoms with Gasteiger partial charge in [-0.05, 0) is 16.7 Å². The highest BCUT2D eigenvalue weighted by molar-refractivity contribution is 6.31. The first-order valence-corrected chi connectivity index (χ1v) is 7.75. The summed E-state index contributed by atoms with van der Waals surface area (Å²) in [6, 6.07) is 20.4. The molecule has 0 saturated carbocycles. The molecule has 1 aliphatic rings. The van der Waals surface area contributed by atoms with E-state index in [2.05, 4.69) is 6.58 Å². The molecule has 24 heavy (non-hydrogen) atoms. The van der Waals surface area contributed by atoms with Gasteiger partial charge in [-0.2, -0.15) is 0 Å². The van der Waals surface area contributed by atoms with E-state index in [4.69, 9.17) is 0 Å². The topological polar surface area (TPSA) is 34.1 Å². The van der Waals surface area contributed by atoms with Crippen LogP contribution in [-0.2, 0) is 0 Å². The molecule has 114 valence electrons. The Morgan fingerprint density at radius 3 is 1.83 bits per heavy atom. The lowest BCUT2D eigenvalue weighted by Gasteiger charge is -2.22. The minimum atomic E-state index is -0.118. The molecule has 1 aliphatic carbocycles. The third kappa shape index (κ3) is 1.97. The number of hydrogen-bond acceptors (Lipinski definition) is 2. The summed E-state index contributed by atoms with van der Waals surface area (Å²) in [7, 11) is 0. The van der Waals surface area contributed by atoms with Gasteiger partial charge >= 0.3 is 0 Å². The summed E-state index contributed by atoms with van der Waals surface area (Å²) in [6.45, 7) is 3.79. The quantitative estimate of drug-likeness (QED) is 0.534. The van der Waals surface area contributed by atoms with Crippen molar-refractivity contribution in [1.82, 2.24) is 0 Å². The van der Waals surface area contributed by atoms with Crippen molar-refractivity contribution in [2.45, 2.75) is 0 Å². The summed E-state index contributed by atoms with van der Waals surface area (Å²) in [5.41, 5.74) is 4.25. The molecule has 4 rings (SSSR count). The van der Waals surface area contributed by atoms with Crippen LogP contribution in [0.25, 0.3) is 17.2 Å². The predicted octanol–water partition coefficient (Wildman–Crippen LogP) is 4.77. The van der Waals surface area contributed by atoms with Gasteiger partial charge in [0.15, 0.2) is 11.6 Å². The second kappa shape index (κ2) is 5.43. The maximum Gasteiger partial charge on any atom is 0.195 e. The van der Waals surface area contributed by atoms with Crippen LogP contribution in [0.3, 0.4) is 0 Å². The lowest BCUT2D eigenvalue weighted by Crippen LogP contribution is -2.22. The van der Waals surface area contributed by atoms with Gasteiger partial charge in [0.25, 0.3) is 0 Å². The molecule has 0 saturated heterocycles. The number of benzene rings is 3. The van der Waals surface area contributed by atoms with Crippen LogP contribution >= 0.6 is 0 Å². The molecule has 3 aromatic carbocycles. The molecule has 0 N–H and O–H groups in total. The van der Waals surface area contributed by atoms with E-state index in [9.17, 15) is 9.59 Å².